The summed E-state index contributed by atoms with van der Waals surface area (Å²) in [6.45, 7) is 0. The number of nitrogens with two attached hydrogens (primary N) is 1. The summed E-state index contributed by atoms with van der Waals surface area (Å²) in [4.78, 5) is 17.6. The number of amides is 1. The zero-order valence-corrected chi connectivity index (χ0v) is 7.61. The van der Waals surface area contributed by atoms with Crippen molar-refractivity contribution in [2.45, 2.75) is 0 Å². The van der Waals surface area contributed by atoms with Gasteiger partial charge in [0.05, 0.1) is 6.20 Å². The number of nitrogens with zero attached hydrogens (tertiary/aromatic N) is 2. The normalized spacial score (nSPS) is 8.00. The Bertz CT molecular complexity index is 213. The third kappa shape index (κ3) is 2.43. The van der Waals surface area contributed by atoms with Crippen molar-refractivity contribution in [3.8, 4) is 0 Å². The monoisotopic (exact) mass is 146 g/mol. The van der Waals surface area contributed by atoms with Gasteiger partial charge in [-0.3, -0.25) is 9.78 Å². The van der Waals surface area contributed by atoms with Crippen LogP contribution in [0.2, 0.25) is 0 Å². The van der Waals surface area contributed by atoms with Gasteiger partial charge < -0.3 is 5.73 Å². The van der Waals surface area contributed by atoms with Crippen molar-refractivity contribution < 1.29 is 4.79 Å². The largest absolute Gasteiger partial charge is 0.364 e. The molecule has 0 unspecified atom stereocenters. The summed E-state index contributed by atoms with van der Waals surface area (Å²) in [5.41, 5.74) is 5.06. The second-order valence-electron chi connectivity index (χ2n) is 1.45. The molecule has 10 heavy (non-hydrogen) atoms. The summed E-state index contributed by atoms with van der Waals surface area (Å²) in [5, 5.41) is 0. The molecule has 1 aromatic heterocycles. The predicted octanol–water partition coefficient (Wildman–Crippen LogP) is -0.805. The molecule has 0 spiro atoms. The van der Waals surface area contributed by atoms with Crippen molar-refractivity contribution >= 4 is 35.5 Å². The van der Waals surface area contributed by atoms with Gasteiger partial charge in [0, 0.05) is 42.0 Å². The summed E-state index contributed by atoms with van der Waals surface area (Å²) in [7, 11) is 0. The van der Waals surface area contributed by atoms with E-state index in [1.54, 1.807) is 0 Å². The summed E-state index contributed by atoms with van der Waals surface area (Å²) in [6, 6.07) is 0. The fourth-order valence-corrected chi connectivity index (χ4v) is 0.426. The van der Waals surface area contributed by atoms with Gasteiger partial charge in [0.2, 0.25) is 0 Å². The Kier molecular flexibility index (Phi) is 4.18. The van der Waals surface area contributed by atoms with E-state index < -0.39 is 5.91 Å². The fraction of sp³-hybridized carbons (Fsp3) is 0. The second kappa shape index (κ2) is 4.38. The maximum Gasteiger partial charge on any atom is 0.268 e. The maximum atomic E-state index is 10.3. The van der Waals surface area contributed by atoms with Crippen LogP contribution in [0.5, 0.6) is 0 Å². The Morgan fingerprint density at radius 1 is 1.50 bits per heavy atom. The predicted molar refractivity (Wildman–Crippen MR) is 36.3 cm³/mol. The molecule has 4 nitrogen and oxygen atoms in total. The number of rotatable bonds is 1. The van der Waals surface area contributed by atoms with E-state index >= 15 is 0 Å². The van der Waals surface area contributed by atoms with Gasteiger partial charge in [-0.15, -0.1) is 0 Å². The standard InChI is InChI=1S/C5H5N3O.Na/c6-5(9)4-3-7-1-2-8-4;/h1-3H,(H2,6,9);. The number of carbonyl (C=O) groups is 1. The van der Waals surface area contributed by atoms with Gasteiger partial charge in [0.1, 0.15) is 5.69 Å². The van der Waals surface area contributed by atoms with Gasteiger partial charge in [0.25, 0.3) is 5.91 Å². The SMILES string of the molecule is NC(=O)c1cnccn1.[Na]. The van der Waals surface area contributed by atoms with Crippen molar-refractivity contribution in [3.05, 3.63) is 24.3 Å². The van der Waals surface area contributed by atoms with E-state index in [1.165, 1.54) is 18.6 Å². The Morgan fingerprint density at radius 3 is 2.50 bits per heavy atom. The minimum atomic E-state index is -0.553. The molecule has 1 aromatic rings. The molecule has 0 aliphatic carbocycles. The minimum Gasteiger partial charge on any atom is -0.364 e. The first-order valence-corrected chi connectivity index (χ1v) is 2.36. The average molecular weight is 146 g/mol. The van der Waals surface area contributed by atoms with Gasteiger partial charge in [-0.25, -0.2) is 4.98 Å². The topological polar surface area (TPSA) is 68.9 Å². The third-order valence-electron chi connectivity index (χ3n) is 0.816. The van der Waals surface area contributed by atoms with Crippen LogP contribution in [0.3, 0.4) is 0 Å². The van der Waals surface area contributed by atoms with Crippen LogP contribution in [0.25, 0.3) is 0 Å². The first kappa shape index (κ1) is 9.55. The number of hydrogen-bond acceptors (Lipinski definition) is 3. The molecule has 0 aliphatic heterocycles. The summed E-state index contributed by atoms with van der Waals surface area (Å²) < 4.78 is 0. The average Bonchev–Trinajstić information content (AvgIpc) is 1.90. The summed E-state index contributed by atoms with van der Waals surface area (Å²) in [6.07, 6.45) is 4.22. The molecular formula is C5H5N3NaO. The molecule has 1 radical (unpaired) electrons. The minimum absolute atomic E-state index is 0. The van der Waals surface area contributed by atoms with Crippen LogP contribution in [-0.2, 0) is 0 Å². The van der Waals surface area contributed by atoms with Crippen LogP contribution < -0.4 is 5.73 Å². The van der Waals surface area contributed by atoms with E-state index in [4.69, 9.17) is 5.73 Å². The zero-order valence-electron chi connectivity index (χ0n) is 5.61. The van der Waals surface area contributed by atoms with Crippen LogP contribution in [0.1, 0.15) is 10.5 Å². The molecule has 1 rings (SSSR count). The van der Waals surface area contributed by atoms with E-state index in [1.807, 2.05) is 0 Å². The van der Waals surface area contributed by atoms with Gasteiger partial charge in [-0.2, -0.15) is 0 Å². The van der Waals surface area contributed by atoms with Gasteiger partial charge in [-0.1, -0.05) is 0 Å². The van der Waals surface area contributed by atoms with Crippen molar-refractivity contribution in [3.63, 3.8) is 0 Å². The number of carbonyl (C=O) groups excluding carboxylic acids is 1. The number of primary amides is 1. The van der Waals surface area contributed by atoms with E-state index in [2.05, 4.69) is 9.97 Å². The first-order valence-electron chi connectivity index (χ1n) is 2.36. The molecule has 0 atom stereocenters. The van der Waals surface area contributed by atoms with E-state index in [0.717, 1.165) is 0 Å². The molecule has 0 aromatic carbocycles. The van der Waals surface area contributed by atoms with Crippen molar-refractivity contribution in [1.29, 1.82) is 0 Å². The molecule has 0 aliphatic rings. The quantitative estimate of drug-likeness (QED) is 0.527. The third-order valence-corrected chi connectivity index (χ3v) is 0.816. The van der Waals surface area contributed by atoms with Crippen LogP contribution >= 0.6 is 0 Å². The van der Waals surface area contributed by atoms with Crippen LogP contribution in [0.4, 0.5) is 0 Å². The Labute approximate surface area is 80.2 Å². The van der Waals surface area contributed by atoms with E-state index in [0.29, 0.717) is 0 Å². The van der Waals surface area contributed by atoms with Gasteiger partial charge >= 0.3 is 0 Å². The van der Waals surface area contributed by atoms with Crippen molar-refractivity contribution in [2.75, 3.05) is 0 Å². The molecule has 0 saturated heterocycles. The molecule has 47 valence electrons. The second-order valence-corrected chi connectivity index (χ2v) is 1.45. The molecule has 0 bridgehead atoms. The molecule has 0 fully saturated rings. The molecule has 2 N–H and O–H groups in total. The van der Waals surface area contributed by atoms with Crippen molar-refractivity contribution in [1.82, 2.24) is 9.97 Å². The summed E-state index contributed by atoms with van der Waals surface area (Å²) in [5.74, 6) is -0.553. The van der Waals surface area contributed by atoms with Gasteiger partial charge in [0.15, 0.2) is 0 Å². The van der Waals surface area contributed by atoms with Gasteiger partial charge in [-0.05, 0) is 0 Å². The van der Waals surface area contributed by atoms with Crippen LogP contribution in [0, 0.1) is 0 Å². The molecular weight excluding hydrogens is 141 g/mol. The Morgan fingerprint density at radius 2 is 2.20 bits per heavy atom. The van der Waals surface area contributed by atoms with E-state index in [9.17, 15) is 4.79 Å². The van der Waals surface area contributed by atoms with Crippen LogP contribution in [-0.4, -0.2) is 45.4 Å². The Balaban J connectivity index is 0.000000810. The molecule has 0 saturated carbocycles. The molecule has 1 heterocycles. The Hall–Kier alpha value is -0.450. The number of aromatic nitrogens is 2. The first-order chi connectivity index (χ1) is 4.30. The molecule has 5 heteroatoms. The fourth-order valence-electron chi connectivity index (χ4n) is 0.426. The van der Waals surface area contributed by atoms with Crippen LogP contribution in [0.15, 0.2) is 18.6 Å². The van der Waals surface area contributed by atoms with E-state index in [-0.39, 0.29) is 35.3 Å². The zero-order chi connectivity index (χ0) is 6.69. The summed E-state index contributed by atoms with van der Waals surface area (Å²) >= 11 is 0. The molecule has 1 amide bonds. The maximum absolute atomic E-state index is 10.3. The smallest absolute Gasteiger partial charge is 0.268 e. The number of hydrogen-bond donors (Lipinski definition) is 1. The van der Waals surface area contributed by atoms with Crippen molar-refractivity contribution in [2.24, 2.45) is 5.73 Å².